The topological polar surface area (TPSA) is 75.5 Å². The Morgan fingerprint density at radius 1 is 0.895 bits per heavy atom. The summed E-state index contributed by atoms with van der Waals surface area (Å²) in [4.78, 5) is 51.1. The molecule has 4 atom stereocenters. The van der Waals surface area contributed by atoms with E-state index in [0.29, 0.717) is 39.7 Å². The first-order valence-electron chi connectivity index (χ1n) is 12.7. The van der Waals surface area contributed by atoms with Crippen LogP contribution in [0.15, 0.2) is 71.5 Å². The number of amides is 2. The average molecular weight is 543 g/mol. The highest BCUT2D eigenvalue weighted by molar-refractivity contribution is 6.38. The molecule has 1 spiro atoms. The zero-order valence-electron chi connectivity index (χ0n) is 20.0. The highest BCUT2D eigenvalue weighted by Gasteiger charge is 2.73. The van der Waals surface area contributed by atoms with E-state index in [0.717, 1.165) is 18.4 Å². The molecule has 1 aromatic heterocycles. The molecule has 2 amide bonds. The molecule has 7 nitrogen and oxygen atoms in total. The van der Waals surface area contributed by atoms with Gasteiger partial charge in [0.2, 0.25) is 11.8 Å². The highest BCUT2D eigenvalue weighted by atomic mass is 35.5. The predicted octanol–water partition coefficient (Wildman–Crippen LogP) is 4.53. The Labute approximate surface area is 227 Å². The Morgan fingerprint density at radius 3 is 2.55 bits per heavy atom. The molecule has 0 aliphatic carbocycles. The molecule has 38 heavy (non-hydrogen) atoms. The maximum Gasteiger partial charge on any atom is 0.266 e. The molecule has 0 unspecified atom stereocenters. The molecule has 0 bridgehead atoms. The summed E-state index contributed by atoms with van der Waals surface area (Å²) in [5.74, 6) is -1.48. The van der Waals surface area contributed by atoms with Crippen LogP contribution in [-0.4, -0.2) is 38.9 Å². The van der Waals surface area contributed by atoms with Crippen LogP contribution >= 0.6 is 23.2 Å². The van der Waals surface area contributed by atoms with Gasteiger partial charge in [-0.1, -0.05) is 53.5 Å². The molecule has 0 N–H and O–H groups in total. The lowest BCUT2D eigenvalue weighted by Crippen LogP contribution is -2.51. The number of para-hydroxylation sites is 2. The predicted molar refractivity (Wildman–Crippen MR) is 144 cm³/mol. The van der Waals surface area contributed by atoms with E-state index in [4.69, 9.17) is 28.2 Å². The molecule has 8 rings (SSSR count). The molecule has 4 aliphatic rings. The van der Waals surface area contributed by atoms with Gasteiger partial charge in [-0.25, -0.2) is 9.88 Å². The number of carbonyl (C=O) groups excluding carboxylic acids is 2. The largest absolute Gasteiger partial charge is 0.283 e. The van der Waals surface area contributed by atoms with Crippen molar-refractivity contribution in [3.05, 3.63) is 98.5 Å². The van der Waals surface area contributed by atoms with Crippen LogP contribution in [0.3, 0.4) is 0 Å². The molecular weight excluding hydrogens is 523 g/mol. The number of imide groups is 1. The van der Waals surface area contributed by atoms with Gasteiger partial charge in [-0.15, -0.1) is 0 Å². The smallest absolute Gasteiger partial charge is 0.266 e. The first kappa shape index (κ1) is 22.5. The summed E-state index contributed by atoms with van der Waals surface area (Å²) < 4.78 is 1.65. The molecule has 3 fully saturated rings. The maximum atomic E-state index is 14.5. The second-order valence-electron chi connectivity index (χ2n) is 10.4. The van der Waals surface area contributed by atoms with Crippen molar-refractivity contribution in [3.63, 3.8) is 0 Å². The molecule has 4 aromatic rings. The number of aromatic nitrogens is 2. The fraction of sp³-hybridized carbons (Fsp3) is 0.241. The lowest BCUT2D eigenvalue weighted by atomic mass is 9.75. The van der Waals surface area contributed by atoms with E-state index in [9.17, 15) is 14.4 Å². The van der Waals surface area contributed by atoms with Gasteiger partial charge in [0.25, 0.3) is 5.56 Å². The van der Waals surface area contributed by atoms with E-state index in [1.165, 1.54) is 4.90 Å². The lowest BCUT2D eigenvalue weighted by Gasteiger charge is -2.38. The number of fused-ring (bicyclic) bond motifs is 11. The monoisotopic (exact) mass is 542 g/mol. The van der Waals surface area contributed by atoms with Crippen LogP contribution in [-0.2, 0) is 15.1 Å². The Hall–Kier alpha value is -3.52. The molecule has 0 radical (unpaired) electrons. The second kappa shape index (κ2) is 7.53. The van der Waals surface area contributed by atoms with Gasteiger partial charge in [0.15, 0.2) is 0 Å². The van der Waals surface area contributed by atoms with Crippen LogP contribution in [0.25, 0.3) is 16.6 Å². The van der Waals surface area contributed by atoms with E-state index < -0.39 is 17.4 Å². The summed E-state index contributed by atoms with van der Waals surface area (Å²) in [6, 6.07) is 19.6. The SMILES string of the molecule is O=C1[C@H]2[C@@H]3CCCN3[C@@]3(c4ccccc4-n4c3nc3ccccc3c4=O)[C@H]2C(=O)N1c1cc(Cl)ccc1Cl. The summed E-state index contributed by atoms with van der Waals surface area (Å²) in [5, 5.41) is 1.17. The van der Waals surface area contributed by atoms with Gasteiger partial charge in [-0.05, 0) is 55.8 Å². The third kappa shape index (κ3) is 2.50. The minimum atomic E-state index is -1.06. The zero-order valence-corrected chi connectivity index (χ0v) is 21.5. The van der Waals surface area contributed by atoms with Crippen molar-refractivity contribution < 1.29 is 9.59 Å². The molecule has 3 saturated heterocycles. The van der Waals surface area contributed by atoms with Crippen molar-refractivity contribution in [3.8, 4) is 5.69 Å². The fourth-order valence-corrected chi connectivity index (χ4v) is 7.88. The second-order valence-corrected chi connectivity index (χ2v) is 11.2. The summed E-state index contributed by atoms with van der Waals surface area (Å²) in [6.45, 7) is 0.702. The number of benzene rings is 3. The number of hydrogen-bond acceptors (Lipinski definition) is 5. The van der Waals surface area contributed by atoms with Crippen LogP contribution in [0.2, 0.25) is 10.0 Å². The van der Waals surface area contributed by atoms with Crippen LogP contribution < -0.4 is 10.5 Å². The highest BCUT2D eigenvalue weighted by Crippen LogP contribution is 2.62. The van der Waals surface area contributed by atoms with Gasteiger partial charge >= 0.3 is 0 Å². The average Bonchev–Trinajstić information content (AvgIpc) is 3.63. The van der Waals surface area contributed by atoms with Gasteiger partial charge in [-0.3, -0.25) is 23.9 Å². The summed E-state index contributed by atoms with van der Waals surface area (Å²) in [6.07, 6.45) is 1.66. The number of carbonyl (C=O) groups is 2. The fourth-order valence-electron chi connectivity index (χ4n) is 7.51. The van der Waals surface area contributed by atoms with Crippen molar-refractivity contribution in [2.24, 2.45) is 11.8 Å². The first-order chi connectivity index (χ1) is 18.4. The minimum Gasteiger partial charge on any atom is -0.283 e. The number of anilines is 1. The third-order valence-electron chi connectivity index (χ3n) is 8.79. The molecule has 4 aliphatic heterocycles. The van der Waals surface area contributed by atoms with Gasteiger partial charge in [-0.2, -0.15) is 0 Å². The van der Waals surface area contributed by atoms with Gasteiger partial charge in [0.05, 0.1) is 39.1 Å². The van der Waals surface area contributed by atoms with E-state index in [1.54, 1.807) is 28.8 Å². The standard InChI is InChI=1S/C29H20Cl2N4O3/c30-15-11-12-18(31)22(14-15)34-26(37)23-21-10-5-13-33(21)29(24(23)27(34)38)17-7-2-4-9-20(17)35-25(36)16-6-1-3-8-19(16)32-28(29)35/h1-4,6-9,11-12,14,21,23-24H,5,10,13H2/t21-,23-,24+,29-/m0/s1. The van der Waals surface area contributed by atoms with Crippen molar-refractivity contribution in [1.82, 2.24) is 14.5 Å². The van der Waals surface area contributed by atoms with Gasteiger partial charge < -0.3 is 0 Å². The number of halogens is 2. The molecule has 3 aromatic carbocycles. The molecule has 188 valence electrons. The summed E-state index contributed by atoms with van der Waals surface area (Å²) in [5.41, 5.74) is 1.16. The number of rotatable bonds is 1. The van der Waals surface area contributed by atoms with E-state index in [2.05, 4.69) is 4.90 Å². The van der Waals surface area contributed by atoms with Crippen molar-refractivity contribution in [2.45, 2.75) is 24.4 Å². The van der Waals surface area contributed by atoms with Crippen molar-refractivity contribution in [1.29, 1.82) is 0 Å². The molecule has 5 heterocycles. The van der Waals surface area contributed by atoms with Crippen LogP contribution in [0.5, 0.6) is 0 Å². The quantitative estimate of drug-likeness (QED) is 0.330. The third-order valence-corrected chi connectivity index (χ3v) is 9.34. The van der Waals surface area contributed by atoms with Crippen LogP contribution in [0, 0.1) is 11.8 Å². The van der Waals surface area contributed by atoms with E-state index in [1.807, 2.05) is 42.5 Å². The first-order valence-corrected chi connectivity index (χ1v) is 13.4. The normalized spacial score (nSPS) is 27.3. The lowest BCUT2D eigenvalue weighted by molar-refractivity contribution is -0.124. The molecule has 0 saturated carbocycles. The van der Waals surface area contributed by atoms with Crippen molar-refractivity contribution in [2.75, 3.05) is 11.4 Å². The Kier molecular flexibility index (Phi) is 4.45. The Bertz CT molecular complexity index is 1800. The summed E-state index contributed by atoms with van der Waals surface area (Å²) >= 11 is 12.8. The number of nitrogens with zero attached hydrogens (tertiary/aromatic N) is 4. The summed E-state index contributed by atoms with van der Waals surface area (Å²) in [7, 11) is 0. The Balaban J connectivity index is 1.45. The Morgan fingerprint density at radius 2 is 1.68 bits per heavy atom. The van der Waals surface area contributed by atoms with E-state index >= 15 is 0 Å². The molecular formula is C29H20Cl2N4O3. The van der Waals surface area contributed by atoms with Gasteiger partial charge in [0, 0.05) is 16.6 Å². The van der Waals surface area contributed by atoms with E-state index in [-0.39, 0.29) is 28.4 Å². The number of hydrogen-bond donors (Lipinski definition) is 0. The van der Waals surface area contributed by atoms with Crippen molar-refractivity contribution >= 4 is 51.6 Å². The maximum absolute atomic E-state index is 14.5. The van der Waals surface area contributed by atoms with Crippen LogP contribution in [0.1, 0.15) is 24.2 Å². The molecule has 9 heteroatoms. The van der Waals surface area contributed by atoms with Crippen LogP contribution in [0.4, 0.5) is 5.69 Å². The zero-order chi connectivity index (χ0) is 25.9. The minimum absolute atomic E-state index is 0.164. The van der Waals surface area contributed by atoms with Gasteiger partial charge in [0.1, 0.15) is 11.4 Å².